The highest BCUT2D eigenvalue weighted by Gasteiger charge is 2.29. The molecule has 0 aromatic heterocycles. The molecule has 2 amide bonds. The van der Waals surface area contributed by atoms with Crippen LogP contribution in [0.5, 0.6) is 0 Å². The first-order chi connectivity index (χ1) is 7.47. The van der Waals surface area contributed by atoms with E-state index >= 15 is 0 Å². The van der Waals surface area contributed by atoms with E-state index in [2.05, 4.69) is 16.0 Å². The number of carbonyl (C=O) groups excluding carboxylic acids is 2. The van der Waals surface area contributed by atoms with Gasteiger partial charge in [-0.1, -0.05) is 0 Å². The van der Waals surface area contributed by atoms with Gasteiger partial charge in [0.15, 0.2) is 0 Å². The van der Waals surface area contributed by atoms with E-state index in [1.54, 1.807) is 7.05 Å². The number of likely N-dealkylation sites (N-methyl/N-ethyl adjacent to an activating group) is 1. The molecule has 92 valence electrons. The Morgan fingerprint density at radius 3 is 2.25 bits per heavy atom. The van der Waals surface area contributed by atoms with Gasteiger partial charge in [-0.2, -0.15) is 0 Å². The summed E-state index contributed by atoms with van der Waals surface area (Å²) in [5.41, 5.74) is -0.569. The highest BCUT2D eigenvalue weighted by Crippen LogP contribution is 2.28. The summed E-state index contributed by atoms with van der Waals surface area (Å²) in [5, 5.41) is 8.49. The van der Waals surface area contributed by atoms with Crippen LogP contribution in [0.3, 0.4) is 0 Å². The third-order valence-electron chi connectivity index (χ3n) is 2.85. The summed E-state index contributed by atoms with van der Waals surface area (Å²) in [6.07, 6.45) is 2.01. The van der Waals surface area contributed by atoms with Gasteiger partial charge in [-0.05, 0) is 33.7 Å². The van der Waals surface area contributed by atoms with Crippen LogP contribution in [-0.2, 0) is 9.59 Å². The second kappa shape index (κ2) is 5.30. The van der Waals surface area contributed by atoms with Crippen LogP contribution in [0.25, 0.3) is 0 Å². The summed E-state index contributed by atoms with van der Waals surface area (Å²) in [7, 11) is 1.74. The molecule has 1 aliphatic carbocycles. The Balaban J connectivity index is 2.10. The van der Waals surface area contributed by atoms with Gasteiger partial charge in [-0.15, -0.1) is 0 Å². The van der Waals surface area contributed by atoms with Gasteiger partial charge < -0.3 is 16.0 Å². The van der Waals surface area contributed by atoms with Gasteiger partial charge in [-0.25, -0.2) is 0 Å². The van der Waals surface area contributed by atoms with E-state index in [0.717, 1.165) is 12.8 Å². The molecule has 16 heavy (non-hydrogen) atoms. The zero-order valence-electron chi connectivity index (χ0n) is 10.2. The zero-order chi connectivity index (χ0) is 12.2. The van der Waals surface area contributed by atoms with Gasteiger partial charge in [0.1, 0.15) is 0 Å². The normalized spacial score (nSPS) is 15.7. The molecule has 1 aliphatic rings. The van der Waals surface area contributed by atoms with Crippen molar-refractivity contribution in [3.05, 3.63) is 0 Å². The number of rotatable bonds is 6. The Morgan fingerprint density at radius 2 is 1.75 bits per heavy atom. The molecular weight excluding hydrogens is 206 g/mol. The first-order valence-electron chi connectivity index (χ1n) is 5.72. The van der Waals surface area contributed by atoms with E-state index < -0.39 is 5.54 Å². The van der Waals surface area contributed by atoms with Crippen molar-refractivity contribution < 1.29 is 9.59 Å². The number of hydrogen-bond acceptors (Lipinski definition) is 3. The van der Waals surface area contributed by atoms with Crippen LogP contribution in [0.15, 0.2) is 0 Å². The molecule has 1 fully saturated rings. The molecule has 0 unspecified atom stereocenters. The monoisotopic (exact) mass is 227 g/mol. The third kappa shape index (κ3) is 3.81. The average Bonchev–Trinajstić information content (AvgIpc) is 3.07. The Labute approximate surface area is 96.4 Å². The van der Waals surface area contributed by atoms with Gasteiger partial charge in [-0.3, -0.25) is 9.59 Å². The van der Waals surface area contributed by atoms with Crippen LogP contribution < -0.4 is 16.0 Å². The van der Waals surface area contributed by atoms with Crippen LogP contribution in [0, 0.1) is 5.92 Å². The van der Waals surface area contributed by atoms with E-state index in [4.69, 9.17) is 0 Å². The van der Waals surface area contributed by atoms with Crippen molar-refractivity contribution in [3.8, 4) is 0 Å². The minimum Gasteiger partial charge on any atom is -0.354 e. The van der Waals surface area contributed by atoms with Crippen molar-refractivity contribution in [3.63, 3.8) is 0 Å². The molecular formula is C11H21N3O2. The molecule has 0 radical (unpaired) electrons. The summed E-state index contributed by atoms with van der Waals surface area (Å²) in [6.45, 7) is 4.60. The van der Waals surface area contributed by atoms with Crippen LogP contribution in [-0.4, -0.2) is 37.5 Å². The molecule has 0 aliphatic heterocycles. The highest BCUT2D eigenvalue weighted by molar-refractivity contribution is 5.85. The summed E-state index contributed by atoms with van der Waals surface area (Å²) in [4.78, 5) is 22.9. The van der Waals surface area contributed by atoms with Crippen molar-refractivity contribution in [2.24, 2.45) is 5.92 Å². The summed E-state index contributed by atoms with van der Waals surface area (Å²) < 4.78 is 0. The molecule has 5 nitrogen and oxygen atoms in total. The fourth-order valence-corrected chi connectivity index (χ4v) is 1.19. The molecule has 0 heterocycles. The maximum atomic E-state index is 11.6. The quantitative estimate of drug-likeness (QED) is 0.542. The second-order valence-corrected chi connectivity index (χ2v) is 4.70. The number of amides is 2. The fourth-order valence-electron chi connectivity index (χ4n) is 1.19. The molecule has 5 heteroatoms. The van der Waals surface area contributed by atoms with Crippen molar-refractivity contribution >= 4 is 11.8 Å². The largest absolute Gasteiger partial charge is 0.354 e. The predicted molar refractivity (Wildman–Crippen MR) is 61.9 cm³/mol. The topological polar surface area (TPSA) is 70.2 Å². The van der Waals surface area contributed by atoms with Gasteiger partial charge in [0.2, 0.25) is 11.8 Å². The third-order valence-corrected chi connectivity index (χ3v) is 2.85. The first-order valence-corrected chi connectivity index (χ1v) is 5.72. The zero-order valence-corrected chi connectivity index (χ0v) is 10.2. The Bertz CT molecular complexity index is 272. The van der Waals surface area contributed by atoms with Gasteiger partial charge in [0, 0.05) is 19.0 Å². The predicted octanol–water partition coefficient (Wildman–Crippen LogP) is -0.373. The SMILES string of the molecule is CNC(C)(C)C(=O)NCCNC(=O)C1CC1. The van der Waals surface area contributed by atoms with E-state index in [-0.39, 0.29) is 17.7 Å². The van der Waals surface area contributed by atoms with Crippen molar-refractivity contribution in [1.29, 1.82) is 0 Å². The van der Waals surface area contributed by atoms with Gasteiger partial charge >= 0.3 is 0 Å². The first kappa shape index (κ1) is 13.0. The lowest BCUT2D eigenvalue weighted by Crippen LogP contribution is -2.52. The van der Waals surface area contributed by atoms with Crippen LogP contribution in [0.4, 0.5) is 0 Å². The van der Waals surface area contributed by atoms with E-state index in [1.165, 1.54) is 0 Å². The van der Waals surface area contributed by atoms with Gasteiger partial charge in [0.05, 0.1) is 5.54 Å². The highest BCUT2D eigenvalue weighted by atomic mass is 16.2. The van der Waals surface area contributed by atoms with Crippen LogP contribution >= 0.6 is 0 Å². The molecule has 0 bridgehead atoms. The minimum absolute atomic E-state index is 0.0596. The minimum atomic E-state index is -0.569. The number of hydrogen-bond donors (Lipinski definition) is 3. The second-order valence-electron chi connectivity index (χ2n) is 4.70. The van der Waals surface area contributed by atoms with Gasteiger partial charge in [0.25, 0.3) is 0 Å². The molecule has 0 saturated heterocycles. The van der Waals surface area contributed by atoms with Crippen molar-refractivity contribution in [2.45, 2.75) is 32.2 Å². The summed E-state index contributed by atoms with van der Waals surface area (Å²) >= 11 is 0. The lowest BCUT2D eigenvalue weighted by molar-refractivity contribution is -0.126. The maximum Gasteiger partial charge on any atom is 0.239 e. The molecule has 3 N–H and O–H groups in total. The fraction of sp³-hybridized carbons (Fsp3) is 0.818. The summed E-state index contributed by atoms with van der Waals surface area (Å²) in [5.74, 6) is 0.280. The molecule has 0 spiro atoms. The lowest BCUT2D eigenvalue weighted by atomic mass is 10.1. The maximum absolute atomic E-state index is 11.6. The molecule has 1 saturated carbocycles. The van der Waals surface area contributed by atoms with Crippen LogP contribution in [0.2, 0.25) is 0 Å². The van der Waals surface area contributed by atoms with E-state index in [0.29, 0.717) is 13.1 Å². The Morgan fingerprint density at radius 1 is 1.19 bits per heavy atom. The number of carbonyl (C=O) groups is 2. The summed E-state index contributed by atoms with van der Waals surface area (Å²) in [6, 6.07) is 0. The standard InChI is InChI=1S/C11H21N3O2/c1-11(2,12-3)10(16)14-7-6-13-9(15)8-4-5-8/h8,12H,4-7H2,1-3H3,(H,13,15)(H,14,16). The average molecular weight is 227 g/mol. The lowest BCUT2D eigenvalue weighted by Gasteiger charge is -2.22. The molecule has 1 rings (SSSR count). The van der Waals surface area contributed by atoms with E-state index in [9.17, 15) is 9.59 Å². The molecule has 0 aromatic rings. The molecule has 0 aromatic carbocycles. The Kier molecular flexibility index (Phi) is 4.29. The van der Waals surface area contributed by atoms with Crippen LogP contribution in [0.1, 0.15) is 26.7 Å². The van der Waals surface area contributed by atoms with Crippen molar-refractivity contribution in [2.75, 3.05) is 20.1 Å². The number of nitrogens with one attached hydrogen (secondary N) is 3. The molecule has 0 atom stereocenters. The van der Waals surface area contributed by atoms with Crippen molar-refractivity contribution in [1.82, 2.24) is 16.0 Å². The Hall–Kier alpha value is -1.10. The smallest absolute Gasteiger partial charge is 0.239 e. The van der Waals surface area contributed by atoms with E-state index in [1.807, 2.05) is 13.8 Å².